The maximum Gasteiger partial charge on any atom is 0.256 e. The third-order valence-electron chi connectivity index (χ3n) is 4.73. The SMILES string of the molecule is Cc1cccc(CNCC2(O)CCCN(Cc3ccc(F)c(F)c3)C2=O)n1. The van der Waals surface area contributed by atoms with Crippen molar-refractivity contribution in [2.75, 3.05) is 13.1 Å². The first-order chi connectivity index (χ1) is 12.9. The van der Waals surface area contributed by atoms with Gasteiger partial charge in [0.15, 0.2) is 17.2 Å². The number of nitrogens with one attached hydrogen (secondary N) is 1. The van der Waals surface area contributed by atoms with E-state index < -0.39 is 23.1 Å². The Morgan fingerprint density at radius 3 is 2.81 bits per heavy atom. The van der Waals surface area contributed by atoms with Gasteiger partial charge in [0.1, 0.15) is 0 Å². The minimum Gasteiger partial charge on any atom is -0.379 e. The van der Waals surface area contributed by atoms with Crippen LogP contribution >= 0.6 is 0 Å². The second-order valence-corrected chi connectivity index (χ2v) is 6.98. The normalized spacial score (nSPS) is 20.1. The molecule has 2 N–H and O–H groups in total. The van der Waals surface area contributed by atoms with Crippen LogP contribution in [0.5, 0.6) is 0 Å². The minimum atomic E-state index is -1.51. The molecule has 144 valence electrons. The molecule has 0 aliphatic carbocycles. The van der Waals surface area contributed by atoms with Gasteiger partial charge in [-0.2, -0.15) is 0 Å². The zero-order valence-electron chi connectivity index (χ0n) is 15.2. The lowest BCUT2D eigenvalue weighted by Crippen LogP contribution is -2.57. The highest BCUT2D eigenvalue weighted by molar-refractivity contribution is 5.86. The fraction of sp³-hybridized carbons (Fsp3) is 0.400. The summed E-state index contributed by atoms with van der Waals surface area (Å²) in [7, 11) is 0. The monoisotopic (exact) mass is 375 g/mol. The Morgan fingerprint density at radius 1 is 1.26 bits per heavy atom. The molecule has 1 atom stereocenters. The fourth-order valence-corrected chi connectivity index (χ4v) is 3.33. The van der Waals surface area contributed by atoms with Crippen LogP contribution in [0.1, 0.15) is 29.8 Å². The Labute approximate surface area is 157 Å². The van der Waals surface area contributed by atoms with Crippen molar-refractivity contribution in [3.05, 3.63) is 65.0 Å². The number of benzene rings is 1. The number of likely N-dealkylation sites (tertiary alicyclic amines) is 1. The van der Waals surface area contributed by atoms with Crippen LogP contribution in [0, 0.1) is 18.6 Å². The summed E-state index contributed by atoms with van der Waals surface area (Å²) in [5, 5.41) is 13.9. The van der Waals surface area contributed by atoms with E-state index in [-0.39, 0.29) is 13.1 Å². The van der Waals surface area contributed by atoms with Crippen LogP contribution in [0.2, 0.25) is 0 Å². The van der Waals surface area contributed by atoms with Gasteiger partial charge in [0.2, 0.25) is 0 Å². The lowest BCUT2D eigenvalue weighted by atomic mass is 9.91. The van der Waals surface area contributed by atoms with E-state index in [9.17, 15) is 18.7 Å². The molecule has 0 bridgehead atoms. The van der Waals surface area contributed by atoms with Gasteiger partial charge in [-0.05, 0) is 49.6 Å². The number of amides is 1. The van der Waals surface area contributed by atoms with E-state index >= 15 is 0 Å². The second-order valence-electron chi connectivity index (χ2n) is 6.98. The highest BCUT2D eigenvalue weighted by Gasteiger charge is 2.41. The van der Waals surface area contributed by atoms with E-state index in [0.717, 1.165) is 23.5 Å². The standard InChI is InChI=1S/C20H23F2N3O2/c1-14-4-2-5-16(24-14)11-23-13-20(27)8-3-9-25(19(20)26)12-15-6-7-17(21)18(22)10-15/h2,4-7,10,23,27H,3,8-9,11-13H2,1H3. The smallest absolute Gasteiger partial charge is 0.256 e. The molecule has 2 heterocycles. The summed E-state index contributed by atoms with van der Waals surface area (Å²) < 4.78 is 26.5. The van der Waals surface area contributed by atoms with Gasteiger partial charge in [-0.15, -0.1) is 0 Å². The van der Waals surface area contributed by atoms with Crippen molar-refractivity contribution in [1.82, 2.24) is 15.2 Å². The maximum atomic E-state index is 13.4. The van der Waals surface area contributed by atoms with Crippen LogP contribution in [-0.4, -0.2) is 39.6 Å². The zero-order valence-corrected chi connectivity index (χ0v) is 15.2. The third kappa shape index (κ3) is 4.67. The van der Waals surface area contributed by atoms with E-state index in [1.807, 2.05) is 25.1 Å². The summed E-state index contributed by atoms with van der Waals surface area (Å²) in [6.45, 7) is 3.06. The van der Waals surface area contributed by atoms with Crippen LogP contribution < -0.4 is 5.32 Å². The summed E-state index contributed by atoms with van der Waals surface area (Å²) in [4.78, 5) is 18.6. The quantitative estimate of drug-likeness (QED) is 0.813. The van der Waals surface area contributed by atoms with Gasteiger partial charge in [0.05, 0.1) is 5.69 Å². The van der Waals surface area contributed by atoms with Crippen molar-refractivity contribution < 1.29 is 18.7 Å². The van der Waals surface area contributed by atoms with Crippen LogP contribution in [0.15, 0.2) is 36.4 Å². The lowest BCUT2D eigenvalue weighted by Gasteiger charge is -2.38. The minimum absolute atomic E-state index is 0.107. The predicted octanol–water partition coefficient (Wildman–Crippen LogP) is 2.31. The molecule has 5 nitrogen and oxygen atoms in total. The summed E-state index contributed by atoms with van der Waals surface area (Å²) in [5.41, 5.74) is 0.712. The number of piperidine rings is 1. The molecule has 1 aliphatic heterocycles. The number of aryl methyl sites for hydroxylation is 1. The van der Waals surface area contributed by atoms with Crippen molar-refractivity contribution >= 4 is 5.91 Å². The number of carbonyl (C=O) groups excluding carboxylic acids is 1. The number of hydrogen-bond donors (Lipinski definition) is 2. The Hall–Kier alpha value is -2.38. The van der Waals surface area contributed by atoms with Gasteiger partial charge in [0.25, 0.3) is 5.91 Å². The fourth-order valence-electron chi connectivity index (χ4n) is 3.33. The molecule has 0 spiro atoms. The predicted molar refractivity (Wildman–Crippen MR) is 96.6 cm³/mol. The Morgan fingerprint density at radius 2 is 2.07 bits per heavy atom. The molecule has 1 aromatic heterocycles. The number of pyridine rings is 1. The van der Waals surface area contributed by atoms with Gasteiger partial charge >= 0.3 is 0 Å². The molecular formula is C20H23F2N3O2. The number of carbonyl (C=O) groups is 1. The first-order valence-corrected chi connectivity index (χ1v) is 8.96. The van der Waals surface area contributed by atoms with Gasteiger partial charge in [-0.3, -0.25) is 9.78 Å². The van der Waals surface area contributed by atoms with Crippen LogP contribution in [0.3, 0.4) is 0 Å². The number of halogens is 2. The number of aliphatic hydroxyl groups is 1. The first-order valence-electron chi connectivity index (χ1n) is 8.96. The average molecular weight is 375 g/mol. The third-order valence-corrected chi connectivity index (χ3v) is 4.73. The average Bonchev–Trinajstić information content (AvgIpc) is 2.62. The highest BCUT2D eigenvalue weighted by Crippen LogP contribution is 2.24. The van der Waals surface area contributed by atoms with Gasteiger partial charge in [-0.1, -0.05) is 12.1 Å². The molecule has 1 saturated heterocycles. The molecule has 3 rings (SSSR count). The summed E-state index contributed by atoms with van der Waals surface area (Å²) in [6.07, 6.45) is 0.991. The largest absolute Gasteiger partial charge is 0.379 e. The first kappa shape index (κ1) is 19.4. The number of rotatable bonds is 6. The Balaban J connectivity index is 1.61. The lowest BCUT2D eigenvalue weighted by molar-refractivity contribution is -0.157. The second kappa shape index (κ2) is 8.10. The zero-order chi connectivity index (χ0) is 19.4. The van der Waals surface area contributed by atoms with Crippen molar-refractivity contribution in [1.29, 1.82) is 0 Å². The van der Waals surface area contributed by atoms with E-state index in [1.165, 1.54) is 11.0 Å². The molecule has 1 aromatic carbocycles. The summed E-state index contributed by atoms with van der Waals surface area (Å²) in [6, 6.07) is 9.25. The number of nitrogens with zero attached hydrogens (tertiary/aromatic N) is 2. The van der Waals surface area contributed by atoms with Crippen LogP contribution in [-0.2, 0) is 17.9 Å². The van der Waals surface area contributed by atoms with E-state index in [1.54, 1.807) is 0 Å². The van der Waals surface area contributed by atoms with E-state index in [2.05, 4.69) is 10.3 Å². The molecule has 0 saturated carbocycles. The molecule has 1 unspecified atom stereocenters. The van der Waals surface area contributed by atoms with Crippen molar-refractivity contribution in [2.24, 2.45) is 0 Å². The van der Waals surface area contributed by atoms with Crippen LogP contribution in [0.25, 0.3) is 0 Å². The molecule has 27 heavy (non-hydrogen) atoms. The van der Waals surface area contributed by atoms with Crippen molar-refractivity contribution in [2.45, 2.75) is 38.5 Å². The highest BCUT2D eigenvalue weighted by atomic mass is 19.2. The Kier molecular flexibility index (Phi) is 5.82. The van der Waals surface area contributed by atoms with Crippen molar-refractivity contribution in [3.8, 4) is 0 Å². The van der Waals surface area contributed by atoms with Crippen molar-refractivity contribution in [3.63, 3.8) is 0 Å². The summed E-state index contributed by atoms with van der Waals surface area (Å²) >= 11 is 0. The van der Waals surface area contributed by atoms with Gasteiger partial charge < -0.3 is 15.3 Å². The summed E-state index contributed by atoms with van der Waals surface area (Å²) in [5.74, 6) is -2.27. The van der Waals surface area contributed by atoms with E-state index in [0.29, 0.717) is 31.5 Å². The van der Waals surface area contributed by atoms with Crippen LogP contribution in [0.4, 0.5) is 8.78 Å². The number of hydrogen-bond acceptors (Lipinski definition) is 4. The van der Waals surface area contributed by atoms with E-state index in [4.69, 9.17) is 0 Å². The Bertz CT molecular complexity index is 831. The topological polar surface area (TPSA) is 65.5 Å². The molecule has 7 heteroatoms. The molecule has 0 radical (unpaired) electrons. The molecule has 1 fully saturated rings. The van der Waals surface area contributed by atoms with Gasteiger partial charge in [0, 0.05) is 31.9 Å². The molecule has 2 aromatic rings. The van der Waals surface area contributed by atoms with Gasteiger partial charge in [-0.25, -0.2) is 8.78 Å². The maximum absolute atomic E-state index is 13.4. The number of aromatic nitrogens is 1. The molecule has 1 amide bonds. The molecule has 1 aliphatic rings. The molecular weight excluding hydrogens is 352 g/mol.